The van der Waals surface area contributed by atoms with E-state index in [4.69, 9.17) is 4.74 Å². The standard InChI is InChI=1S/C13H19FN2O2/c1-8(2)15-13(17)9(3)16-10-5-6-12(18-4)11(14)7-10/h5-9,16H,1-4H3,(H,15,17). The third-order valence-electron chi connectivity index (χ3n) is 2.36. The van der Waals surface area contributed by atoms with Crippen molar-refractivity contribution < 1.29 is 13.9 Å². The molecule has 0 bridgehead atoms. The van der Waals surface area contributed by atoms with E-state index in [0.717, 1.165) is 0 Å². The average Bonchev–Trinajstić information content (AvgIpc) is 2.28. The molecule has 1 amide bonds. The summed E-state index contributed by atoms with van der Waals surface area (Å²) in [6, 6.07) is 4.14. The van der Waals surface area contributed by atoms with Crippen LogP contribution < -0.4 is 15.4 Å². The van der Waals surface area contributed by atoms with E-state index >= 15 is 0 Å². The Morgan fingerprint density at radius 2 is 2.00 bits per heavy atom. The summed E-state index contributed by atoms with van der Waals surface area (Å²) in [7, 11) is 1.41. The predicted octanol–water partition coefficient (Wildman–Crippen LogP) is 2.16. The molecule has 0 heterocycles. The minimum atomic E-state index is -0.459. The molecule has 0 fully saturated rings. The van der Waals surface area contributed by atoms with Crippen LogP contribution in [0.5, 0.6) is 5.75 Å². The zero-order valence-electron chi connectivity index (χ0n) is 11.1. The molecule has 0 saturated carbocycles. The molecule has 18 heavy (non-hydrogen) atoms. The van der Waals surface area contributed by atoms with Gasteiger partial charge in [-0.15, -0.1) is 0 Å². The Morgan fingerprint density at radius 3 is 2.50 bits per heavy atom. The summed E-state index contributed by atoms with van der Waals surface area (Å²) in [6.45, 7) is 5.50. The number of ether oxygens (including phenoxy) is 1. The number of hydrogen-bond donors (Lipinski definition) is 2. The first-order valence-corrected chi connectivity index (χ1v) is 5.84. The van der Waals surface area contributed by atoms with Gasteiger partial charge in [-0.2, -0.15) is 0 Å². The Balaban J connectivity index is 2.67. The summed E-state index contributed by atoms with van der Waals surface area (Å²) in [6.07, 6.45) is 0. The van der Waals surface area contributed by atoms with E-state index in [1.54, 1.807) is 13.0 Å². The Morgan fingerprint density at radius 1 is 1.33 bits per heavy atom. The zero-order chi connectivity index (χ0) is 13.7. The van der Waals surface area contributed by atoms with Crippen molar-refractivity contribution in [2.75, 3.05) is 12.4 Å². The van der Waals surface area contributed by atoms with Gasteiger partial charge < -0.3 is 15.4 Å². The zero-order valence-corrected chi connectivity index (χ0v) is 11.1. The number of rotatable bonds is 5. The molecule has 0 aliphatic carbocycles. The number of nitrogens with one attached hydrogen (secondary N) is 2. The van der Waals surface area contributed by atoms with Crippen LogP contribution in [-0.4, -0.2) is 25.1 Å². The van der Waals surface area contributed by atoms with E-state index in [0.29, 0.717) is 5.69 Å². The number of carbonyl (C=O) groups is 1. The molecule has 0 aliphatic rings. The molecule has 1 rings (SSSR count). The summed E-state index contributed by atoms with van der Waals surface area (Å²) in [5.74, 6) is -0.403. The van der Waals surface area contributed by atoms with Crippen molar-refractivity contribution in [1.29, 1.82) is 0 Å². The van der Waals surface area contributed by atoms with Crippen LogP contribution in [0.1, 0.15) is 20.8 Å². The van der Waals surface area contributed by atoms with E-state index < -0.39 is 11.9 Å². The third kappa shape index (κ3) is 3.91. The number of benzene rings is 1. The lowest BCUT2D eigenvalue weighted by Gasteiger charge is -2.17. The number of anilines is 1. The minimum Gasteiger partial charge on any atom is -0.494 e. The van der Waals surface area contributed by atoms with Crippen molar-refractivity contribution in [3.63, 3.8) is 0 Å². The molecule has 1 unspecified atom stereocenters. The number of amides is 1. The Bertz CT molecular complexity index is 421. The van der Waals surface area contributed by atoms with Crippen molar-refractivity contribution in [3.8, 4) is 5.75 Å². The van der Waals surface area contributed by atoms with Crippen molar-refractivity contribution in [3.05, 3.63) is 24.0 Å². The number of hydrogen-bond acceptors (Lipinski definition) is 3. The highest BCUT2D eigenvalue weighted by molar-refractivity contribution is 5.84. The summed E-state index contributed by atoms with van der Waals surface area (Å²) >= 11 is 0. The SMILES string of the molecule is COc1ccc(NC(C)C(=O)NC(C)C)cc1F. The van der Waals surface area contributed by atoms with Gasteiger partial charge >= 0.3 is 0 Å². The lowest BCUT2D eigenvalue weighted by molar-refractivity contribution is -0.122. The highest BCUT2D eigenvalue weighted by Gasteiger charge is 2.14. The normalized spacial score (nSPS) is 12.1. The van der Waals surface area contributed by atoms with Gasteiger partial charge in [0.15, 0.2) is 11.6 Å². The fourth-order valence-corrected chi connectivity index (χ4v) is 1.48. The lowest BCUT2D eigenvalue weighted by atomic mass is 10.2. The fourth-order valence-electron chi connectivity index (χ4n) is 1.48. The van der Waals surface area contributed by atoms with Crippen molar-refractivity contribution in [2.45, 2.75) is 32.9 Å². The first kappa shape index (κ1) is 14.3. The molecule has 100 valence electrons. The second-order valence-corrected chi connectivity index (χ2v) is 4.38. The monoisotopic (exact) mass is 254 g/mol. The van der Waals surface area contributed by atoms with Gasteiger partial charge in [-0.3, -0.25) is 4.79 Å². The smallest absolute Gasteiger partial charge is 0.242 e. The van der Waals surface area contributed by atoms with Crippen molar-refractivity contribution in [2.24, 2.45) is 0 Å². The number of methoxy groups -OCH3 is 1. The number of carbonyl (C=O) groups excluding carboxylic acids is 1. The maximum atomic E-state index is 13.4. The molecule has 5 heteroatoms. The highest BCUT2D eigenvalue weighted by Crippen LogP contribution is 2.21. The van der Waals surface area contributed by atoms with Crippen molar-refractivity contribution >= 4 is 11.6 Å². The predicted molar refractivity (Wildman–Crippen MR) is 69.3 cm³/mol. The van der Waals surface area contributed by atoms with Crippen LogP contribution in [0.25, 0.3) is 0 Å². The van der Waals surface area contributed by atoms with E-state index in [-0.39, 0.29) is 17.7 Å². The molecule has 0 aliphatic heterocycles. The Kier molecular flexibility index (Phi) is 4.95. The van der Waals surface area contributed by atoms with E-state index in [9.17, 15) is 9.18 Å². The molecule has 0 saturated heterocycles. The van der Waals surface area contributed by atoms with Crippen LogP contribution in [0.15, 0.2) is 18.2 Å². The molecule has 1 aromatic carbocycles. The second kappa shape index (κ2) is 6.23. The van der Waals surface area contributed by atoms with Gasteiger partial charge in [0, 0.05) is 17.8 Å². The molecule has 0 spiro atoms. The minimum absolute atomic E-state index is 0.0781. The van der Waals surface area contributed by atoms with Crippen LogP contribution in [0, 0.1) is 5.82 Å². The quantitative estimate of drug-likeness (QED) is 0.846. The van der Waals surface area contributed by atoms with Gasteiger partial charge in [-0.25, -0.2) is 4.39 Å². The lowest BCUT2D eigenvalue weighted by Crippen LogP contribution is -2.40. The molecule has 0 aromatic heterocycles. The van der Waals surface area contributed by atoms with E-state index in [2.05, 4.69) is 10.6 Å². The maximum absolute atomic E-state index is 13.4. The van der Waals surface area contributed by atoms with Crippen LogP contribution in [0.2, 0.25) is 0 Å². The first-order valence-electron chi connectivity index (χ1n) is 5.84. The largest absolute Gasteiger partial charge is 0.494 e. The van der Waals surface area contributed by atoms with Gasteiger partial charge in [-0.1, -0.05) is 0 Å². The summed E-state index contributed by atoms with van der Waals surface area (Å²) in [5.41, 5.74) is 0.541. The highest BCUT2D eigenvalue weighted by atomic mass is 19.1. The van der Waals surface area contributed by atoms with Gasteiger partial charge in [0.05, 0.1) is 7.11 Å². The van der Waals surface area contributed by atoms with E-state index in [1.165, 1.54) is 19.2 Å². The maximum Gasteiger partial charge on any atom is 0.242 e. The summed E-state index contributed by atoms with van der Waals surface area (Å²) < 4.78 is 18.3. The molecular formula is C13H19FN2O2. The third-order valence-corrected chi connectivity index (χ3v) is 2.36. The van der Waals surface area contributed by atoms with Crippen LogP contribution in [-0.2, 0) is 4.79 Å². The molecule has 4 nitrogen and oxygen atoms in total. The average molecular weight is 254 g/mol. The van der Waals surface area contributed by atoms with Crippen LogP contribution >= 0.6 is 0 Å². The number of halogens is 1. The topological polar surface area (TPSA) is 50.4 Å². The molecule has 0 radical (unpaired) electrons. The van der Waals surface area contributed by atoms with Gasteiger partial charge in [0.25, 0.3) is 0 Å². The first-order chi connectivity index (χ1) is 8.43. The second-order valence-electron chi connectivity index (χ2n) is 4.38. The van der Waals surface area contributed by atoms with Gasteiger partial charge in [-0.05, 0) is 32.9 Å². The molecule has 1 aromatic rings. The molecule has 2 N–H and O–H groups in total. The van der Waals surface area contributed by atoms with Gasteiger partial charge in [0.2, 0.25) is 5.91 Å². The van der Waals surface area contributed by atoms with E-state index in [1.807, 2.05) is 13.8 Å². The molecule has 1 atom stereocenters. The van der Waals surface area contributed by atoms with Crippen LogP contribution in [0.4, 0.5) is 10.1 Å². The fraction of sp³-hybridized carbons (Fsp3) is 0.462. The van der Waals surface area contributed by atoms with Gasteiger partial charge in [0.1, 0.15) is 6.04 Å². The van der Waals surface area contributed by atoms with Crippen LogP contribution in [0.3, 0.4) is 0 Å². The summed E-state index contributed by atoms with van der Waals surface area (Å²) in [5, 5.41) is 5.71. The summed E-state index contributed by atoms with van der Waals surface area (Å²) in [4.78, 5) is 11.7. The Labute approximate surface area is 107 Å². The van der Waals surface area contributed by atoms with Crippen molar-refractivity contribution in [1.82, 2.24) is 5.32 Å². The Hall–Kier alpha value is -1.78. The molecular weight excluding hydrogens is 235 g/mol.